The molecule has 106 valence electrons. The smallest absolute Gasteiger partial charge is 0.203 e. The van der Waals surface area contributed by atoms with E-state index < -0.39 is 0 Å². The Morgan fingerprint density at radius 3 is 2.60 bits per heavy atom. The molecule has 1 heterocycles. The van der Waals surface area contributed by atoms with Gasteiger partial charge < -0.3 is 5.73 Å². The molecule has 0 aliphatic carbocycles. The van der Waals surface area contributed by atoms with Gasteiger partial charge in [-0.15, -0.1) is 10.2 Å². The number of aromatic nitrogens is 2. The van der Waals surface area contributed by atoms with Gasteiger partial charge in [-0.05, 0) is 18.9 Å². The molecule has 2 rings (SSSR count). The zero-order valence-electron chi connectivity index (χ0n) is 11.5. The Morgan fingerprint density at radius 2 is 2.05 bits per heavy atom. The summed E-state index contributed by atoms with van der Waals surface area (Å²) in [5.74, 6) is 0.104. The van der Waals surface area contributed by atoms with Crippen LogP contribution in [0, 0.1) is 0 Å². The molecule has 1 atom stereocenters. The zero-order chi connectivity index (χ0) is 14.5. The van der Waals surface area contributed by atoms with Crippen LogP contribution in [0.2, 0.25) is 0 Å². The first kappa shape index (κ1) is 15.0. The Kier molecular flexibility index (Phi) is 5.14. The Balaban J connectivity index is 2.02. The van der Waals surface area contributed by atoms with Gasteiger partial charge in [0.2, 0.25) is 5.13 Å². The quantitative estimate of drug-likeness (QED) is 0.654. The van der Waals surface area contributed by atoms with Crippen LogP contribution in [0.3, 0.4) is 0 Å². The summed E-state index contributed by atoms with van der Waals surface area (Å²) in [7, 11) is 0. The molecule has 1 unspecified atom stereocenters. The number of Topliss-reactive ketones (excluding diaryl/α,β-unsaturated/α-hetero) is 1. The van der Waals surface area contributed by atoms with Crippen molar-refractivity contribution in [1.29, 1.82) is 0 Å². The zero-order valence-corrected chi connectivity index (χ0v) is 13.1. The number of carbonyl (C=O) groups excluding carboxylic acids is 1. The molecule has 0 spiro atoms. The minimum Gasteiger partial charge on any atom is -0.374 e. The lowest BCUT2D eigenvalue weighted by Gasteiger charge is -2.08. The molecule has 2 aromatic rings. The van der Waals surface area contributed by atoms with Crippen LogP contribution < -0.4 is 5.73 Å². The van der Waals surface area contributed by atoms with Crippen LogP contribution in [0.5, 0.6) is 0 Å². The van der Waals surface area contributed by atoms with E-state index in [0.29, 0.717) is 5.13 Å². The molecule has 0 amide bonds. The average Bonchev–Trinajstić information content (AvgIpc) is 2.84. The van der Waals surface area contributed by atoms with Crippen LogP contribution in [-0.4, -0.2) is 21.2 Å². The lowest BCUT2D eigenvalue weighted by atomic mass is 10.0. The van der Waals surface area contributed by atoms with Crippen LogP contribution in [0.15, 0.2) is 28.6 Å². The highest BCUT2D eigenvalue weighted by atomic mass is 32.2. The molecular weight excluding hydrogens is 290 g/mol. The first-order valence-electron chi connectivity index (χ1n) is 6.49. The van der Waals surface area contributed by atoms with E-state index in [4.69, 9.17) is 5.73 Å². The largest absolute Gasteiger partial charge is 0.374 e. The monoisotopic (exact) mass is 307 g/mol. The molecule has 0 saturated carbocycles. The number of rotatable bonds is 6. The first-order valence-corrected chi connectivity index (χ1v) is 8.18. The van der Waals surface area contributed by atoms with E-state index in [1.807, 2.05) is 31.2 Å². The summed E-state index contributed by atoms with van der Waals surface area (Å²) in [6.07, 6.45) is 2.15. The van der Waals surface area contributed by atoms with Crippen molar-refractivity contribution in [3.05, 3.63) is 35.4 Å². The molecule has 0 bridgehead atoms. The fourth-order valence-corrected chi connectivity index (χ4v) is 3.69. The van der Waals surface area contributed by atoms with Gasteiger partial charge in [0.05, 0.1) is 5.25 Å². The minimum atomic E-state index is -0.195. The second-order valence-electron chi connectivity index (χ2n) is 4.48. The summed E-state index contributed by atoms with van der Waals surface area (Å²) in [5, 5.41) is 7.90. The van der Waals surface area contributed by atoms with Crippen molar-refractivity contribution in [2.75, 3.05) is 5.73 Å². The molecule has 2 N–H and O–H groups in total. The van der Waals surface area contributed by atoms with Crippen LogP contribution in [-0.2, 0) is 6.42 Å². The van der Waals surface area contributed by atoms with E-state index in [1.165, 1.54) is 28.7 Å². The topological polar surface area (TPSA) is 68.9 Å². The van der Waals surface area contributed by atoms with Crippen molar-refractivity contribution in [2.45, 2.75) is 36.3 Å². The highest BCUT2D eigenvalue weighted by Gasteiger charge is 2.18. The van der Waals surface area contributed by atoms with Gasteiger partial charge in [0.15, 0.2) is 10.1 Å². The molecule has 0 fully saturated rings. The van der Waals surface area contributed by atoms with Crippen molar-refractivity contribution in [3.63, 3.8) is 0 Å². The number of nitrogens with two attached hydrogens (primary N) is 1. The second-order valence-corrected chi connectivity index (χ2v) is 7.07. The predicted molar refractivity (Wildman–Crippen MR) is 84.4 cm³/mol. The van der Waals surface area contributed by atoms with Crippen LogP contribution in [0.4, 0.5) is 5.13 Å². The maximum Gasteiger partial charge on any atom is 0.203 e. The van der Waals surface area contributed by atoms with Crippen LogP contribution >= 0.6 is 23.1 Å². The number of hydrogen-bond donors (Lipinski definition) is 1. The van der Waals surface area contributed by atoms with E-state index >= 15 is 0 Å². The van der Waals surface area contributed by atoms with Gasteiger partial charge >= 0.3 is 0 Å². The van der Waals surface area contributed by atoms with Crippen LogP contribution in [0.1, 0.15) is 36.2 Å². The van der Waals surface area contributed by atoms with Crippen molar-refractivity contribution in [2.24, 2.45) is 0 Å². The SMILES string of the molecule is CCCc1ccc(C(=O)C(C)Sc2nnc(N)s2)cc1. The molecule has 1 aromatic heterocycles. The fraction of sp³-hybridized carbons (Fsp3) is 0.357. The van der Waals surface area contributed by atoms with E-state index in [-0.39, 0.29) is 11.0 Å². The number of thioether (sulfide) groups is 1. The number of nitrogen functional groups attached to an aromatic ring is 1. The van der Waals surface area contributed by atoms with Crippen LogP contribution in [0.25, 0.3) is 0 Å². The summed E-state index contributed by atoms with van der Waals surface area (Å²) in [4.78, 5) is 12.3. The van der Waals surface area contributed by atoms with E-state index in [2.05, 4.69) is 17.1 Å². The highest BCUT2D eigenvalue weighted by Crippen LogP contribution is 2.29. The Hall–Kier alpha value is -1.40. The van der Waals surface area contributed by atoms with Crippen molar-refractivity contribution < 1.29 is 4.79 Å². The van der Waals surface area contributed by atoms with Gasteiger partial charge in [0.1, 0.15) is 0 Å². The van der Waals surface area contributed by atoms with E-state index in [1.54, 1.807) is 0 Å². The molecule has 0 aliphatic heterocycles. The summed E-state index contributed by atoms with van der Waals surface area (Å²) in [6, 6.07) is 7.85. The number of anilines is 1. The molecule has 20 heavy (non-hydrogen) atoms. The number of nitrogens with zero attached hydrogens (tertiary/aromatic N) is 2. The first-order chi connectivity index (χ1) is 9.60. The lowest BCUT2D eigenvalue weighted by Crippen LogP contribution is -2.13. The molecule has 4 nitrogen and oxygen atoms in total. The number of hydrogen-bond acceptors (Lipinski definition) is 6. The standard InChI is InChI=1S/C14H17N3OS2/c1-3-4-10-5-7-11(8-6-10)12(18)9(2)19-14-17-16-13(15)20-14/h5-9H,3-4H2,1-2H3,(H2,15,16). The molecule has 0 saturated heterocycles. The number of aryl methyl sites for hydroxylation is 1. The van der Waals surface area contributed by atoms with E-state index in [9.17, 15) is 4.79 Å². The second kappa shape index (κ2) is 6.85. The molecule has 6 heteroatoms. The van der Waals surface area contributed by atoms with Gasteiger partial charge in [0, 0.05) is 5.56 Å². The Labute approximate surface area is 126 Å². The summed E-state index contributed by atoms with van der Waals surface area (Å²) >= 11 is 2.70. The lowest BCUT2D eigenvalue weighted by molar-refractivity contribution is 0.0994. The van der Waals surface area contributed by atoms with Crippen molar-refractivity contribution in [1.82, 2.24) is 10.2 Å². The van der Waals surface area contributed by atoms with Gasteiger partial charge in [-0.25, -0.2) is 0 Å². The maximum absolute atomic E-state index is 12.3. The third-order valence-electron chi connectivity index (χ3n) is 2.85. The molecular formula is C14H17N3OS2. The van der Waals surface area contributed by atoms with Crippen molar-refractivity contribution >= 4 is 34.0 Å². The third kappa shape index (κ3) is 3.80. The Bertz CT molecular complexity index is 580. The number of carbonyl (C=O) groups is 1. The average molecular weight is 307 g/mol. The molecule has 1 aromatic carbocycles. The maximum atomic E-state index is 12.3. The van der Waals surface area contributed by atoms with Gasteiger partial charge in [-0.3, -0.25) is 4.79 Å². The minimum absolute atomic E-state index is 0.104. The van der Waals surface area contributed by atoms with Gasteiger partial charge in [-0.2, -0.15) is 0 Å². The summed E-state index contributed by atoms with van der Waals surface area (Å²) in [5.41, 5.74) is 7.54. The third-order valence-corrected chi connectivity index (χ3v) is 4.78. The predicted octanol–water partition coefficient (Wildman–Crippen LogP) is 3.44. The summed E-state index contributed by atoms with van der Waals surface area (Å²) in [6.45, 7) is 4.02. The van der Waals surface area contributed by atoms with Crippen molar-refractivity contribution in [3.8, 4) is 0 Å². The molecule has 0 aliphatic rings. The number of benzene rings is 1. The summed E-state index contributed by atoms with van der Waals surface area (Å²) < 4.78 is 0.728. The fourth-order valence-electron chi connectivity index (χ4n) is 1.83. The van der Waals surface area contributed by atoms with E-state index in [0.717, 1.165) is 22.7 Å². The number of ketones is 1. The van der Waals surface area contributed by atoms with Gasteiger partial charge in [-0.1, -0.05) is 60.7 Å². The molecule has 0 radical (unpaired) electrons. The highest BCUT2D eigenvalue weighted by molar-refractivity contribution is 8.02. The van der Waals surface area contributed by atoms with Gasteiger partial charge in [0.25, 0.3) is 0 Å². The normalized spacial score (nSPS) is 12.3. The Morgan fingerprint density at radius 1 is 1.35 bits per heavy atom.